The molecule has 1 nitrogen and oxygen atoms in total. The lowest BCUT2D eigenvalue weighted by Gasteiger charge is -2.23. The van der Waals surface area contributed by atoms with Crippen LogP contribution in [0.25, 0.3) is 0 Å². The van der Waals surface area contributed by atoms with E-state index in [9.17, 15) is 4.79 Å². The maximum Gasteiger partial charge on any atom is 0.158 e. The molecule has 1 saturated carbocycles. The molecule has 1 aromatic carbocycles. The third kappa shape index (κ3) is 2.24. The molecule has 1 aliphatic rings. The van der Waals surface area contributed by atoms with Gasteiger partial charge in [0, 0.05) is 6.42 Å². The summed E-state index contributed by atoms with van der Waals surface area (Å²) in [5.74, 6) is 0.748. The highest BCUT2D eigenvalue weighted by Crippen LogP contribution is 2.33. The second-order valence-corrected chi connectivity index (χ2v) is 4.56. The van der Waals surface area contributed by atoms with Gasteiger partial charge in [-0.15, -0.1) is 0 Å². The Hall–Kier alpha value is -1.37. The maximum atomic E-state index is 11.4. The minimum atomic E-state index is 0.251. The van der Waals surface area contributed by atoms with Gasteiger partial charge >= 0.3 is 0 Å². The normalized spacial score (nSPS) is 21.2. The fourth-order valence-corrected chi connectivity index (χ4v) is 2.31. The van der Waals surface area contributed by atoms with Crippen LogP contribution in [0.4, 0.5) is 0 Å². The first kappa shape index (κ1) is 11.1. The van der Waals surface area contributed by atoms with Crippen LogP contribution in [0.3, 0.4) is 0 Å². The molecule has 0 aromatic heterocycles. The fourth-order valence-electron chi connectivity index (χ4n) is 2.31. The quantitative estimate of drug-likeness (QED) is 0.687. The molecule has 1 unspecified atom stereocenters. The van der Waals surface area contributed by atoms with Crippen molar-refractivity contribution >= 4 is 5.78 Å². The number of carbonyl (C=O) groups is 1. The van der Waals surface area contributed by atoms with Crippen LogP contribution >= 0.6 is 0 Å². The van der Waals surface area contributed by atoms with Crippen molar-refractivity contribution in [2.24, 2.45) is 0 Å². The molecule has 0 heterocycles. The predicted molar refractivity (Wildman–Crippen MR) is 66.6 cm³/mol. The van der Waals surface area contributed by atoms with Crippen molar-refractivity contribution < 1.29 is 4.79 Å². The maximum absolute atomic E-state index is 11.4. The molecular weight excluding hydrogens is 196 g/mol. The summed E-state index contributed by atoms with van der Waals surface area (Å²) in [4.78, 5) is 11.4. The van der Waals surface area contributed by atoms with Crippen LogP contribution in [0.2, 0.25) is 0 Å². The molecule has 1 aromatic rings. The SMILES string of the molecule is C=C1CC(c2ccc(CC)cc2)CCC1=O. The zero-order chi connectivity index (χ0) is 11.5. The van der Waals surface area contributed by atoms with E-state index in [1.165, 1.54) is 11.1 Å². The van der Waals surface area contributed by atoms with Crippen LogP contribution in [0, 0.1) is 0 Å². The standard InChI is InChI=1S/C15H18O/c1-3-12-4-6-13(7-5-12)14-8-9-15(16)11(2)10-14/h4-7,14H,2-3,8-10H2,1H3. The highest BCUT2D eigenvalue weighted by atomic mass is 16.1. The van der Waals surface area contributed by atoms with Crippen molar-refractivity contribution in [1.82, 2.24) is 0 Å². The van der Waals surface area contributed by atoms with Crippen LogP contribution in [0.15, 0.2) is 36.4 Å². The Kier molecular flexibility index (Phi) is 3.23. The van der Waals surface area contributed by atoms with Crippen LogP contribution in [-0.4, -0.2) is 5.78 Å². The molecule has 1 heteroatoms. The number of rotatable bonds is 2. The van der Waals surface area contributed by atoms with Gasteiger partial charge in [-0.05, 0) is 41.9 Å². The fraction of sp³-hybridized carbons (Fsp3) is 0.400. The van der Waals surface area contributed by atoms with E-state index in [-0.39, 0.29) is 5.78 Å². The van der Waals surface area contributed by atoms with Crippen molar-refractivity contribution in [2.75, 3.05) is 0 Å². The van der Waals surface area contributed by atoms with E-state index in [0.29, 0.717) is 12.3 Å². The molecule has 1 fully saturated rings. The largest absolute Gasteiger partial charge is 0.295 e. The lowest BCUT2D eigenvalue weighted by Crippen LogP contribution is -2.14. The van der Waals surface area contributed by atoms with Gasteiger partial charge in [-0.2, -0.15) is 0 Å². The zero-order valence-corrected chi connectivity index (χ0v) is 9.83. The van der Waals surface area contributed by atoms with Crippen LogP contribution in [0.1, 0.15) is 43.2 Å². The Morgan fingerprint density at radius 2 is 2.00 bits per heavy atom. The van der Waals surface area contributed by atoms with Gasteiger partial charge in [-0.25, -0.2) is 0 Å². The van der Waals surface area contributed by atoms with Gasteiger partial charge in [0.1, 0.15) is 0 Å². The number of benzene rings is 1. The molecule has 0 spiro atoms. The van der Waals surface area contributed by atoms with E-state index >= 15 is 0 Å². The second kappa shape index (κ2) is 4.65. The molecule has 84 valence electrons. The van der Waals surface area contributed by atoms with Gasteiger partial charge in [0.2, 0.25) is 0 Å². The molecule has 0 saturated heterocycles. The van der Waals surface area contributed by atoms with Crippen molar-refractivity contribution in [3.8, 4) is 0 Å². The summed E-state index contributed by atoms with van der Waals surface area (Å²) >= 11 is 0. The van der Waals surface area contributed by atoms with E-state index in [2.05, 4.69) is 37.8 Å². The summed E-state index contributed by atoms with van der Waals surface area (Å²) in [6.07, 6.45) is 3.56. The average molecular weight is 214 g/mol. The van der Waals surface area contributed by atoms with Gasteiger partial charge in [-0.1, -0.05) is 37.8 Å². The number of Topliss-reactive ketones (excluding diaryl/α,β-unsaturated/α-hetero) is 1. The van der Waals surface area contributed by atoms with Gasteiger partial charge in [-0.3, -0.25) is 4.79 Å². The summed E-state index contributed by atoms with van der Waals surface area (Å²) in [6.45, 7) is 6.02. The molecule has 0 N–H and O–H groups in total. The Bertz CT molecular complexity index is 400. The number of hydrogen-bond acceptors (Lipinski definition) is 1. The summed E-state index contributed by atoms with van der Waals surface area (Å²) in [5.41, 5.74) is 3.52. The molecule has 0 amide bonds. The molecule has 1 atom stereocenters. The monoisotopic (exact) mass is 214 g/mol. The van der Waals surface area contributed by atoms with E-state index in [1.807, 2.05) is 0 Å². The molecule has 0 radical (unpaired) electrons. The second-order valence-electron chi connectivity index (χ2n) is 4.56. The minimum Gasteiger partial charge on any atom is -0.295 e. The van der Waals surface area contributed by atoms with E-state index in [1.54, 1.807) is 0 Å². The Morgan fingerprint density at radius 3 is 2.56 bits per heavy atom. The van der Waals surface area contributed by atoms with Crippen LogP contribution < -0.4 is 0 Å². The van der Waals surface area contributed by atoms with E-state index < -0.39 is 0 Å². The van der Waals surface area contributed by atoms with Gasteiger partial charge in [0.05, 0.1) is 0 Å². The summed E-state index contributed by atoms with van der Waals surface area (Å²) < 4.78 is 0. The van der Waals surface area contributed by atoms with E-state index in [0.717, 1.165) is 24.8 Å². The first-order chi connectivity index (χ1) is 7.70. The van der Waals surface area contributed by atoms with Gasteiger partial charge < -0.3 is 0 Å². The smallest absolute Gasteiger partial charge is 0.158 e. The lowest BCUT2D eigenvalue weighted by molar-refractivity contribution is -0.116. The minimum absolute atomic E-state index is 0.251. The van der Waals surface area contributed by atoms with Gasteiger partial charge in [0.15, 0.2) is 5.78 Å². The molecular formula is C15H18O. The first-order valence-corrected chi connectivity index (χ1v) is 6.00. The van der Waals surface area contributed by atoms with Crippen LogP contribution in [0.5, 0.6) is 0 Å². The average Bonchev–Trinajstić information content (AvgIpc) is 2.33. The Labute approximate surface area is 97.2 Å². The highest BCUT2D eigenvalue weighted by molar-refractivity contribution is 5.95. The predicted octanol–water partition coefficient (Wildman–Crippen LogP) is 3.64. The van der Waals surface area contributed by atoms with Crippen molar-refractivity contribution in [1.29, 1.82) is 0 Å². The van der Waals surface area contributed by atoms with Crippen LogP contribution in [-0.2, 0) is 11.2 Å². The summed E-state index contributed by atoms with van der Waals surface area (Å²) in [5, 5.41) is 0. The lowest BCUT2D eigenvalue weighted by atomic mass is 9.81. The van der Waals surface area contributed by atoms with Crippen molar-refractivity contribution in [3.05, 3.63) is 47.5 Å². The first-order valence-electron chi connectivity index (χ1n) is 6.00. The molecule has 16 heavy (non-hydrogen) atoms. The Morgan fingerprint density at radius 1 is 1.31 bits per heavy atom. The zero-order valence-electron chi connectivity index (χ0n) is 9.83. The Balaban J connectivity index is 2.12. The number of ketones is 1. The molecule has 1 aliphatic carbocycles. The van der Waals surface area contributed by atoms with Gasteiger partial charge in [0.25, 0.3) is 0 Å². The number of hydrogen-bond donors (Lipinski definition) is 0. The molecule has 2 rings (SSSR count). The van der Waals surface area contributed by atoms with Crippen molar-refractivity contribution in [3.63, 3.8) is 0 Å². The number of aryl methyl sites for hydroxylation is 1. The third-order valence-corrected chi connectivity index (χ3v) is 3.47. The topological polar surface area (TPSA) is 17.1 Å². The van der Waals surface area contributed by atoms with Crippen molar-refractivity contribution in [2.45, 2.75) is 38.5 Å². The van der Waals surface area contributed by atoms with E-state index in [4.69, 9.17) is 0 Å². The highest BCUT2D eigenvalue weighted by Gasteiger charge is 2.22. The molecule has 0 bridgehead atoms. The summed E-state index contributed by atoms with van der Waals surface area (Å²) in [7, 11) is 0. The number of carbonyl (C=O) groups excluding carboxylic acids is 1. The number of allylic oxidation sites excluding steroid dienone is 1. The molecule has 0 aliphatic heterocycles. The summed E-state index contributed by atoms with van der Waals surface area (Å²) in [6, 6.07) is 8.78. The third-order valence-electron chi connectivity index (χ3n) is 3.47.